The summed E-state index contributed by atoms with van der Waals surface area (Å²) in [6, 6.07) is 15.8. The number of carbonyl (C=O) groups excluding carboxylic acids is 1. The van der Waals surface area contributed by atoms with E-state index in [0.717, 1.165) is 27.5 Å². The van der Waals surface area contributed by atoms with E-state index in [1.807, 2.05) is 44.2 Å². The molecule has 148 valence electrons. The van der Waals surface area contributed by atoms with Gasteiger partial charge in [-0.15, -0.1) is 0 Å². The fourth-order valence-corrected chi connectivity index (χ4v) is 3.34. The Bertz CT molecular complexity index is 1060. The Morgan fingerprint density at radius 3 is 2.79 bits per heavy atom. The van der Waals surface area contributed by atoms with Gasteiger partial charge in [-0.05, 0) is 48.6 Å². The Labute approximate surface area is 169 Å². The lowest BCUT2D eigenvalue weighted by Crippen LogP contribution is -2.28. The number of aryl methyl sites for hydroxylation is 1. The van der Waals surface area contributed by atoms with Crippen molar-refractivity contribution in [2.75, 3.05) is 11.9 Å². The number of nitrogens with zero attached hydrogens (tertiary/aromatic N) is 1. The summed E-state index contributed by atoms with van der Waals surface area (Å²) in [5.41, 5.74) is 3.17. The quantitative estimate of drug-likeness (QED) is 0.669. The zero-order valence-corrected chi connectivity index (χ0v) is 16.4. The van der Waals surface area contributed by atoms with E-state index in [9.17, 15) is 4.79 Å². The minimum atomic E-state index is -0.337. The summed E-state index contributed by atoms with van der Waals surface area (Å²) in [6.45, 7) is 4.45. The van der Waals surface area contributed by atoms with E-state index in [-0.39, 0.29) is 12.3 Å². The van der Waals surface area contributed by atoms with E-state index >= 15 is 0 Å². The predicted octanol–water partition coefficient (Wildman–Crippen LogP) is 4.60. The molecule has 4 rings (SSSR count). The minimum Gasteiger partial charge on any atom is -0.458 e. The van der Waals surface area contributed by atoms with Crippen molar-refractivity contribution in [3.8, 4) is 0 Å². The van der Waals surface area contributed by atoms with Crippen molar-refractivity contribution in [2.45, 2.75) is 26.6 Å². The molecular weight excluding hydrogens is 366 g/mol. The number of pyridine rings is 1. The van der Waals surface area contributed by atoms with Crippen LogP contribution in [-0.4, -0.2) is 23.8 Å². The van der Waals surface area contributed by atoms with Crippen LogP contribution < -0.4 is 10.6 Å². The number of amides is 2. The third-order valence-corrected chi connectivity index (χ3v) is 4.74. The summed E-state index contributed by atoms with van der Waals surface area (Å²) >= 11 is 0. The van der Waals surface area contributed by atoms with Gasteiger partial charge in [-0.1, -0.05) is 30.3 Å². The van der Waals surface area contributed by atoms with E-state index in [1.54, 1.807) is 12.5 Å². The van der Waals surface area contributed by atoms with Crippen molar-refractivity contribution < 1.29 is 14.3 Å². The maximum Gasteiger partial charge on any atom is 0.320 e. The summed E-state index contributed by atoms with van der Waals surface area (Å²) in [7, 11) is 0. The van der Waals surface area contributed by atoms with E-state index in [4.69, 9.17) is 9.47 Å². The monoisotopic (exact) mass is 389 g/mol. The normalized spacial score (nSPS) is 15.4. The van der Waals surface area contributed by atoms with Gasteiger partial charge >= 0.3 is 6.03 Å². The Balaban J connectivity index is 1.53. The van der Waals surface area contributed by atoms with Crippen LogP contribution in [0.4, 0.5) is 10.6 Å². The van der Waals surface area contributed by atoms with E-state index in [0.29, 0.717) is 24.5 Å². The highest BCUT2D eigenvalue weighted by atomic mass is 16.7. The van der Waals surface area contributed by atoms with E-state index in [1.165, 1.54) is 0 Å². The van der Waals surface area contributed by atoms with Crippen LogP contribution in [0.15, 0.2) is 61.0 Å². The smallest absolute Gasteiger partial charge is 0.320 e. The molecule has 2 heterocycles. The van der Waals surface area contributed by atoms with Crippen LogP contribution in [0, 0.1) is 6.92 Å². The van der Waals surface area contributed by atoms with Gasteiger partial charge in [-0.3, -0.25) is 5.32 Å². The van der Waals surface area contributed by atoms with Gasteiger partial charge in [0, 0.05) is 30.1 Å². The van der Waals surface area contributed by atoms with Gasteiger partial charge in [-0.25, -0.2) is 9.78 Å². The molecular formula is C23H23N3O3. The molecule has 0 fully saturated rings. The Morgan fingerprint density at radius 2 is 2.00 bits per heavy atom. The summed E-state index contributed by atoms with van der Waals surface area (Å²) < 4.78 is 11.7. The SMILES string of the molecule is CCNC(=O)Nc1cc2cc(C3=COC(Cc4ccccc4)O3)cc(C)c2cn1. The molecule has 0 saturated heterocycles. The summed E-state index contributed by atoms with van der Waals surface area (Å²) in [5.74, 6) is 1.20. The van der Waals surface area contributed by atoms with Crippen LogP contribution in [-0.2, 0) is 15.9 Å². The fraction of sp³-hybridized carbons (Fsp3) is 0.217. The Kier molecular flexibility index (Phi) is 5.33. The number of fused-ring (bicyclic) bond motifs is 1. The Hall–Kier alpha value is -3.54. The number of nitrogens with one attached hydrogen (secondary N) is 2. The highest BCUT2D eigenvalue weighted by Gasteiger charge is 2.21. The molecule has 2 amide bonds. The lowest BCUT2D eigenvalue weighted by Gasteiger charge is -2.13. The second-order valence-electron chi connectivity index (χ2n) is 6.92. The molecule has 0 bridgehead atoms. The molecule has 0 radical (unpaired) electrons. The molecule has 2 N–H and O–H groups in total. The molecule has 6 heteroatoms. The summed E-state index contributed by atoms with van der Waals surface area (Å²) in [5, 5.41) is 7.44. The van der Waals surface area contributed by atoms with E-state index in [2.05, 4.69) is 33.8 Å². The standard InChI is InChI=1S/C23H23N3O3/c1-3-24-23(27)26-21-12-17-11-18(9-15(2)19(17)13-25-21)20-14-28-22(29-20)10-16-7-5-4-6-8-16/h4-9,11-14,22H,3,10H2,1-2H3,(H2,24,25,26,27). The number of urea groups is 1. The molecule has 29 heavy (non-hydrogen) atoms. The molecule has 0 saturated carbocycles. The molecule has 0 spiro atoms. The number of hydrogen-bond acceptors (Lipinski definition) is 4. The first-order valence-electron chi connectivity index (χ1n) is 9.64. The van der Waals surface area contributed by atoms with Crippen LogP contribution in [0.1, 0.15) is 23.6 Å². The van der Waals surface area contributed by atoms with Crippen molar-refractivity contribution in [3.63, 3.8) is 0 Å². The lowest BCUT2D eigenvalue weighted by molar-refractivity contribution is -0.0136. The maximum absolute atomic E-state index is 11.8. The highest BCUT2D eigenvalue weighted by molar-refractivity contribution is 5.93. The zero-order valence-electron chi connectivity index (χ0n) is 16.4. The number of hydrogen-bond donors (Lipinski definition) is 2. The van der Waals surface area contributed by atoms with Gasteiger partial charge in [0.25, 0.3) is 0 Å². The topological polar surface area (TPSA) is 72.5 Å². The third kappa shape index (κ3) is 4.32. The highest BCUT2D eigenvalue weighted by Crippen LogP contribution is 2.31. The number of anilines is 1. The van der Waals surface area contributed by atoms with Gasteiger partial charge in [0.15, 0.2) is 5.76 Å². The third-order valence-electron chi connectivity index (χ3n) is 4.74. The average molecular weight is 389 g/mol. The van der Waals surface area contributed by atoms with Gasteiger partial charge < -0.3 is 14.8 Å². The molecule has 0 aliphatic carbocycles. The largest absolute Gasteiger partial charge is 0.458 e. The molecule has 1 aliphatic heterocycles. The number of ether oxygens (including phenoxy) is 2. The van der Waals surface area contributed by atoms with Crippen molar-refractivity contribution in [1.82, 2.24) is 10.3 Å². The van der Waals surface area contributed by atoms with Gasteiger partial charge in [0.05, 0.1) is 0 Å². The van der Waals surface area contributed by atoms with Crippen molar-refractivity contribution in [2.24, 2.45) is 0 Å². The van der Waals surface area contributed by atoms with Crippen LogP contribution in [0.25, 0.3) is 16.5 Å². The molecule has 3 aromatic rings. The number of carbonyl (C=O) groups is 1. The van der Waals surface area contributed by atoms with Crippen LogP contribution in [0.5, 0.6) is 0 Å². The molecule has 1 aromatic heterocycles. The second-order valence-corrected chi connectivity index (χ2v) is 6.92. The van der Waals surface area contributed by atoms with Gasteiger partial charge in [0.2, 0.25) is 6.29 Å². The molecule has 1 unspecified atom stereocenters. The van der Waals surface area contributed by atoms with Crippen molar-refractivity contribution in [1.29, 1.82) is 0 Å². The van der Waals surface area contributed by atoms with Crippen LogP contribution in [0.2, 0.25) is 0 Å². The van der Waals surface area contributed by atoms with Gasteiger partial charge in [-0.2, -0.15) is 0 Å². The van der Waals surface area contributed by atoms with Gasteiger partial charge in [0.1, 0.15) is 12.1 Å². The zero-order chi connectivity index (χ0) is 20.2. The fourth-order valence-electron chi connectivity index (χ4n) is 3.34. The molecule has 1 aliphatic rings. The van der Waals surface area contributed by atoms with Crippen LogP contribution >= 0.6 is 0 Å². The first-order chi connectivity index (χ1) is 14.1. The van der Waals surface area contributed by atoms with Crippen LogP contribution in [0.3, 0.4) is 0 Å². The summed E-state index contributed by atoms with van der Waals surface area (Å²) in [4.78, 5) is 16.1. The number of aromatic nitrogens is 1. The first kappa shape index (κ1) is 18.8. The Morgan fingerprint density at radius 1 is 1.17 bits per heavy atom. The molecule has 1 atom stereocenters. The van der Waals surface area contributed by atoms with Crippen molar-refractivity contribution >= 4 is 28.4 Å². The lowest BCUT2D eigenvalue weighted by atomic mass is 10.0. The van der Waals surface area contributed by atoms with Crippen molar-refractivity contribution in [3.05, 3.63) is 77.7 Å². The molecule has 6 nitrogen and oxygen atoms in total. The second kappa shape index (κ2) is 8.22. The minimum absolute atomic E-state index is 0.272. The predicted molar refractivity (Wildman–Crippen MR) is 113 cm³/mol. The summed E-state index contributed by atoms with van der Waals surface area (Å²) in [6.07, 6.45) is 3.78. The number of rotatable bonds is 5. The average Bonchev–Trinajstić information content (AvgIpc) is 3.17. The van der Waals surface area contributed by atoms with E-state index < -0.39 is 0 Å². The molecule has 2 aromatic carbocycles. The maximum atomic E-state index is 11.8. The first-order valence-corrected chi connectivity index (χ1v) is 9.64. The number of benzene rings is 2.